The minimum absolute atomic E-state index is 0.0755. The van der Waals surface area contributed by atoms with Crippen molar-refractivity contribution in [2.24, 2.45) is 11.1 Å². The van der Waals surface area contributed by atoms with E-state index in [-0.39, 0.29) is 28.5 Å². The Morgan fingerprint density at radius 1 is 1.26 bits per heavy atom. The zero-order valence-corrected chi connectivity index (χ0v) is 20.3. The van der Waals surface area contributed by atoms with Gasteiger partial charge in [-0.05, 0) is 41.5 Å². The lowest BCUT2D eigenvalue weighted by Gasteiger charge is -2.43. The fourth-order valence-corrected chi connectivity index (χ4v) is 5.19. The van der Waals surface area contributed by atoms with Gasteiger partial charge in [0, 0.05) is 17.6 Å². The summed E-state index contributed by atoms with van der Waals surface area (Å²) in [4.78, 5) is 27.0. The zero-order valence-electron chi connectivity index (χ0n) is 19.5. The summed E-state index contributed by atoms with van der Waals surface area (Å²) in [5.74, 6) is -0.0696. The Labute approximate surface area is 202 Å². The van der Waals surface area contributed by atoms with Gasteiger partial charge in [-0.25, -0.2) is 5.01 Å². The number of nitrogens with two attached hydrogens (primary N) is 1. The number of hydrogen-bond donors (Lipinski definition) is 2. The van der Waals surface area contributed by atoms with Crippen molar-refractivity contribution in [3.63, 3.8) is 0 Å². The van der Waals surface area contributed by atoms with Crippen LogP contribution in [-0.2, 0) is 4.79 Å². The summed E-state index contributed by atoms with van der Waals surface area (Å²) in [6.45, 7) is 3.99. The maximum atomic E-state index is 13.6. The summed E-state index contributed by atoms with van der Waals surface area (Å²) in [6.07, 6.45) is 0.793. The summed E-state index contributed by atoms with van der Waals surface area (Å²) in [5.41, 5.74) is 10.8. The number of benzene rings is 1. The molecule has 0 saturated heterocycles. The number of allylic oxidation sites excluding steroid dienone is 3. The first kappa shape index (κ1) is 23.4. The fraction of sp³-hybridized carbons (Fsp3) is 0.320. The van der Waals surface area contributed by atoms with E-state index in [0.717, 1.165) is 0 Å². The van der Waals surface area contributed by atoms with Gasteiger partial charge < -0.3 is 15.2 Å². The molecule has 8 nitrogen and oxygen atoms in total. The quantitative estimate of drug-likeness (QED) is 0.670. The van der Waals surface area contributed by atoms with Gasteiger partial charge in [0.15, 0.2) is 5.78 Å². The molecule has 0 saturated carbocycles. The molecule has 2 heterocycles. The number of ketones is 1. The van der Waals surface area contributed by atoms with E-state index in [9.17, 15) is 14.9 Å². The third-order valence-electron chi connectivity index (χ3n) is 6.09. The number of nitriles is 1. The van der Waals surface area contributed by atoms with Crippen LogP contribution < -0.4 is 20.6 Å². The molecule has 1 atom stereocenters. The van der Waals surface area contributed by atoms with Gasteiger partial charge in [0.05, 0.1) is 42.4 Å². The van der Waals surface area contributed by atoms with Gasteiger partial charge in [0.2, 0.25) is 0 Å². The number of methoxy groups -OCH3 is 2. The molecule has 0 spiro atoms. The first-order chi connectivity index (χ1) is 16.2. The van der Waals surface area contributed by atoms with Crippen LogP contribution in [0, 0.1) is 16.7 Å². The molecule has 1 aliphatic heterocycles. The lowest BCUT2D eigenvalue weighted by atomic mass is 9.69. The highest BCUT2D eigenvalue weighted by molar-refractivity contribution is 7.12. The number of rotatable bonds is 5. The minimum Gasteiger partial charge on any atom is -0.497 e. The molecule has 34 heavy (non-hydrogen) atoms. The third kappa shape index (κ3) is 4.01. The Balaban J connectivity index is 1.93. The van der Waals surface area contributed by atoms with Crippen LogP contribution in [-0.4, -0.2) is 30.9 Å². The molecule has 176 valence electrons. The van der Waals surface area contributed by atoms with Crippen molar-refractivity contribution in [2.45, 2.75) is 32.6 Å². The van der Waals surface area contributed by atoms with E-state index in [1.807, 2.05) is 13.8 Å². The molecule has 0 radical (unpaired) electrons. The second kappa shape index (κ2) is 8.88. The molecule has 0 bridgehead atoms. The highest BCUT2D eigenvalue weighted by Gasteiger charge is 2.45. The summed E-state index contributed by atoms with van der Waals surface area (Å²) in [6, 6.07) is 10.9. The number of Topliss-reactive ketones (excluding diaryl/α,β-unsaturated/α-hetero) is 1. The number of nitrogens with one attached hydrogen (secondary N) is 1. The number of thiophene rings is 1. The Morgan fingerprint density at radius 2 is 2.03 bits per heavy atom. The number of amides is 1. The van der Waals surface area contributed by atoms with E-state index in [1.165, 1.54) is 23.5 Å². The van der Waals surface area contributed by atoms with E-state index in [1.54, 1.807) is 42.8 Å². The smallest absolute Gasteiger partial charge is 0.280 e. The maximum absolute atomic E-state index is 13.6. The molecule has 1 aromatic carbocycles. The van der Waals surface area contributed by atoms with Gasteiger partial charge in [0.25, 0.3) is 5.91 Å². The summed E-state index contributed by atoms with van der Waals surface area (Å²) >= 11 is 1.29. The predicted molar refractivity (Wildman–Crippen MR) is 128 cm³/mol. The number of ether oxygens (including phenoxy) is 2. The lowest BCUT2D eigenvalue weighted by molar-refractivity contribution is -0.118. The SMILES string of the molecule is COc1ccc(OC)c(C2C(C#N)=C(N)N(NC(=O)c3cccs3)C3=C2C(=O)CC(C)(C)C3)c1. The van der Waals surface area contributed by atoms with E-state index in [4.69, 9.17) is 15.2 Å². The van der Waals surface area contributed by atoms with Crippen molar-refractivity contribution in [1.82, 2.24) is 10.4 Å². The molecule has 3 N–H and O–H groups in total. The van der Waals surface area contributed by atoms with Gasteiger partial charge in [-0.1, -0.05) is 19.9 Å². The van der Waals surface area contributed by atoms with E-state index in [0.29, 0.717) is 46.1 Å². The highest BCUT2D eigenvalue weighted by Crippen LogP contribution is 2.50. The topological polar surface area (TPSA) is 118 Å². The molecule has 2 aliphatic rings. The molecule has 1 aromatic heterocycles. The Morgan fingerprint density at radius 3 is 2.65 bits per heavy atom. The first-order valence-electron chi connectivity index (χ1n) is 10.7. The number of hydrogen-bond acceptors (Lipinski definition) is 8. The van der Waals surface area contributed by atoms with Crippen LogP contribution in [0.1, 0.15) is 47.8 Å². The van der Waals surface area contributed by atoms with E-state index in [2.05, 4.69) is 11.5 Å². The molecule has 1 unspecified atom stereocenters. The molecule has 4 rings (SSSR count). The first-order valence-corrected chi connectivity index (χ1v) is 11.6. The number of carbonyl (C=O) groups is 2. The average molecular weight is 479 g/mol. The summed E-state index contributed by atoms with van der Waals surface area (Å²) < 4.78 is 11.0. The molecule has 1 amide bonds. The van der Waals surface area contributed by atoms with Gasteiger partial charge in [-0.3, -0.25) is 15.0 Å². The van der Waals surface area contributed by atoms with Gasteiger partial charge in [0.1, 0.15) is 17.3 Å². The van der Waals surface area contributed by atoms with Crippen LogP contribution in [0.2, 0.25) is 0 Å². The standard InChI is InChI=1S/C25H26N4O4S/c1-25(2)11-17-22(18(30)12-25)21(15-10-14(32-3)7-8-19(15)33-4)16(13-26)23(27)29(17)28-24(31)20-6-5-9-34-20/h5-10,21H,11-12,27H2,1-4H3,(H,28,31). The van der Waals surface area contributed by atoms with Crippen molar-refractivity contribution >= 4 is 23.0 Å². The maximum Gasteiger partial charge on any atom is 0.280 e. The number of nitrogens with zero attached hydrogens (tertiary/aromatic N) is 2. The van der Waals surface area contributed by atoms with E-state index < -0.39 is 5.92 Å². The van der Waals surface area contributed by atoms with Crippen LogP contribution in [0.3, 0.4) is 0 Å². The van der Waals surface area contributed by atoms with Crippen molar-refractivity contribution in [3.8, 4) is 17.6 Å². The molecule has 0 fully saturated rings. The molecular formula is C25H26N4O4S. The fourth-order valence-electron chi connectivity index (χ4n) is 4.58. The number of hydrazine groups is 1. The van der Waals surface area contributed by atoms with Crippen LogP contribution in [0.15, 0.2) is 58.4 Å². The van der Waals surface area contributed by atoms with Crippen LogP contribution >= 0.6 is 11.3 Å². The second-order valence-corrected chi connectivity index (χ2v) is 9.95. The van der Waals surface area contributed by atoms with Gasteiger partial charge in [-0.2, -0.15) is 5.26 Å². The lowest BCUT2D eigenvalue weighted by Crippen LogP contribution is -2.49. The molecule has 2 aromatic rings. The summed E-state index contributed by atoms with van der Waals surface area (Å²) in [7, 11) is 3.07. The van der Waals surface area contributed by atoms with Crippen LogP contribution in [0.5, 0.6) is 11.5 Å². The van der Waals surface area contributed by atoms with Crippen molar-refractivity contribution in [2.75, 3.05) is 14.2 Å². The van der Waals surface area contributed by atoms with Gasteiger partial charge in [-0.15, -0.1) is 11.3 Å². The minimum atomic E-state index is -0.747. The Kier molecular flexibility index (Phi) is 6.11. The van der Waals surface area contributed by atoms with E-state index >= 15 is 0 Å². The number of carbonyl (C=O) groups excluding carboxylic acids is 2. The molecular weight excluding hydrogens is 452 g/mol. The van der Waals surface area contributed by atoms with Gasteiger partial charge >= 0.3 is 0 Å². The highest BCUT2D eigenvalue weighted by atomic mass is 32.1. The van der Waals surface area contributed by atoms with Crippen molar-refractivity contribution in [1.29, 1.82) is 5.26 Å². The second-order valence-electron chi connectivity index (χ2n) is 9.01. The zero-order chi connectivity index (χ0) is 24.6. The van der Waals surface area contributed by atoms with Crippen LogP contribution in [0.25, 0.3) is 0 Å². The van der Waals surface area contributed by atoms with Crippen molar-refractivity contribution in [3.05, 3.63) is 68.8 Å². The van der Waals surface area contributed by atoms with Crippen molar-refractivity contribution < 1.29 is 19.1 Å². The Hall–Kier alpha value is -3.77. The summed E-state index contributed by atoms with van der Waals surface area (Å²) in [5, 5.41) is 13.4. The monoisotopic (exact) mass is 478 g/mol. The largest absolute Gasteiger partial charge is 0.497 e. The predicted octanol–water partition coefficient (Wildman–Crippen LogP) is 3.85. The normalized spacial score (nSPS) is 19.4. The van der Waals surface area contributed by atoms with Crippen LogP contribution in [0.4, 0.5) is 0 Å². The Bertz CT molecular complexity index is 1250. The average Bonchev–Trinajstić information content (AvgIpc) is 3.34. The third-order valence-corrected chi connectivity index (χ3v) is 6.96. The molecule has 1 aliphatic carbocycles. The molecule has 9 heteroatoms.